The lowest BCUT2D eigenvalue weighted by Gasteiger charge is -2.10. The second-order valence-electron chi connectivity index (χ2n) is 5.18. The van der Waals surface area contributed by atoms with Crippen LogP contribution < -0.4 is 10.9 Å². The van der Waals surface area contributed by atoms with E-state index in [4.69, 9.17) is 4.74 Å². The first-order chi connectivity index (χ1) is 10.8. The van der Waals surface area contributed by atoms with Gasteiger partial charge in [0.1, 0.15) is 5.82 Å². The fraction of sp³-hybridized carbons (Fsp3) is 0.333. The van der Waals surface area contributed by atoms with Crippen molar-refractivity contribution in [3.63, 3.8) is 0 Å². The van der Waals surface area contributed by atoms with Crippen molar-refractivity contribution in [1.82, 2.24) is 5.43 Å². The van der Waals surface area contributed by atoms with Gasteiger partial charge < -0.3 is 10.2 Å². The van der Waals surface area contributed by atoms with Crippen molar-refractivity contribution in [2.75, 3.05) is 12.0 Å². The fourth-order valence-electron chi connectivity index (χ4n) is 2.02. The van der Waals surface area contributed by atoms with Crippen LogP contribution in [0.5, 0.6) is 0 Å². The fourth-order valence-corrected chi connectivity index (χ4v) is 2.02. The van der Waals surface area contributed by atoms with Crippen LogP contribution in [0.15, 0.2) is 48.5 Å². The number of unbranched alkanes of at least 4 members (excludes halogenated alkanes) is 1. The van der Waals surface area contributed by atoms with Crippen molar-refractivity contribution in [3.05, 3.63) is 65.5 Å². The summed E-state index contributed by atoms with van der Waals surface area (Å²) in [5, 5.41) is 0. The smallest absolute Gasteiger partial charge is 0.129 e. The van der Waals surface area contributed by atoms with Gasteiger partial charge in [-0.15, -0.1) is 0 Å². The van der Waals surface area contributed by atoms with Crippen LogP contribution in [0.25, 0.3) is 0 Å². The Labute approximate surface area is 131 Å². The van der Waals surface area contributed by atoms with Crippen LogP contribution in [0.4, 0.5) is 10.1 Å². The number of anilines is 1. The van der Waals surface area contributed by atoms with E-state index in [2.05, 4.69) is 17.8 Å². The Hall–Kier alpha value is -1.91. The van der Waals surface area contributed by atoms with Crippen molar-refractivity contribution >= 4 is 5.69 Å². The Bertz CT molecular complexity index is 560. The van der Waals surface area contributed by atoms with Crippen LogP contribution in [0.2, 0.25) is 0 Å². The summed E-state index contributed by atoms with van der Waals surface area (Å²) in [6, 6.07) is 15.1. The number of halogens is 1. The first kappa shape index (κ1) is 16.5. The highest BCUT2D eigenvalue weighted by Crippen LogP contribution is 2.12. The molecule has 2 N–H and O–H groups in total. The molecular weight excluding hydrogens is 279 g/mol. The molecule has 0 amide bonds. The van der Waals surface area contributed by atoms with Gasteiger partial charge in [0.15, 0.2) is 0 Å². The third-order valence-electron chi connectivity index (χ3n) is 3.32. The molecule has 2 rings (SSSR count). The van der Waals surface area contributed by atoms with E-state index in [0.29, 0.717) is 25.3 Å². The molecule has 118 valence electrons. The van der Waals surface area contributed by atoms with Gasteiger partial charge in [-0.25, -0.2) is 9.82 Å². The lowest BCUT2D eigenvalue weighted by molar-refractivity contribution is 0.115. The number of nitrogens with one attached hydrogen (secondary N) is 2. The topological polar surface area (TPSA) is 33.3 Å². The van der Waals surface area contributed by atoms with Gasteiger partial charge in [-0.1, -0.05) is 43.7 Å². The average Bonchev–Trinajstić information content (AvgIpc) is 2.54. The molecule has 3 nitrogen and oxygen atoms in total. The number of hydrazine groups is 1. The minimum absolute atomic E-state index is 0.212. The van der Waals surface area contributed by atoms with E-state index in [1.807, 2.05) is 36.4 Å². The highest BCUT2D eigenvalue weighted by atomic mass is 19.1. The molecule has 2 aromatic carbocycles. The van der Waals surface area contributed by atoms with Gasteiger partial charge >= 0.3 is 0 Å². The number of para-hydroxylation sites is 1. The molecule has 2 aromatic rings. The molecular formula is C18H23FN2O. The lowest BCUT2D eigenvalue weighted by atomic mass is 10.1. The summed E-state index contributed by atoms with van der Waals surface area (Å²) in [5.41, 5.74) is 8.63. The van der Waals surface area contributed by atoms with Crippen molar-refractivity contribution < 1.29 is 9.13 Å². The van der Waals surface area contributed by atoms with Gasteiger partial charge in [0.05, 0.1) is 6.61 Å². The van der Waals surface area contributed by atoms with Crippen molar-refractivity contribution in [1.29, 1.82) is 0 Å². The number of hydrogen-bond acceptors (Lipinski definition) is 3. The maximum atomic E-state index is 14.0. The molecule has 0 atom stereocenters. The predicted molar refractivity (Wildman–Crippen MR) is 87.9 cm³/mol. The normalized spacial score (nSPS) is 10.6. The summed E-state index contributed by atoms with van der Waals surface area (Å²) in [7, 11) is 0. The SMILES string of the molecule is CCCCOCc1ccc(CNNc2ccccc2)cc1F. The lowest BCUT2D eigenvalue weighted by Crippen LogP contribution is -2.20. The molecule has 0 spiro atoms. The maximum Gasteiger partial charge on any atom is 0.129 e. The van der Waals surface area contributed by atoms with Crippen LogP contribution in [-0.4, -0.2) is 6.61 Å². The van der Waals surface area contributed by atoms with Crippen molar-refractivity contribution in [2.45, 2.75) is 32.9 Å². The Morgan fingerprint density at radius 2 is 1.91 bits per heavy atom. The van der Waals surface area contributed by atoms with E-state index < -0.39 is 0 Å². The predicted octanol–water partition coefficient (Wildman–Crippen LogP) is 4.26. The molecule has 0 aliphatic carbocycles. The Kier molecular flexibility index (Phi) is 6.87. The summed E-state index contributed by atoms with van der Waals surface area (Å²) in [5.74, 6) is -0.212. The van der Waals surface area contributed by atoms with Gasteiger partial charge in [0, 0.05) is 24.4 Å². The zero-order valence-corrected chi connectivity index (χ0v) is 12.9. The zero-order valence-electron chi connectivity index (χ0n) is 12.9. The molecule has 0 heterocycles. The highest BCUT2D eigenvalue weighted by molar-refractivity contribution is 5.41. The number of ether oxygens (including phenoxy) is 1. The van der Waals surface area contributed by atoms with Crippen LogP contribution in [0, 0.1) is 5.82 Å². The van der Waals surface area contributed by atoms with Crippen molar-refractivity contribution in [3.8, 4) is 0 Å². The third kappa shape index (κ3) is 5.47. The van der Waals surface area contributed by atoms with E-state index in [-0.39, 0.29) is 5.82 Å². The van der Waals surface area contributed by atoms with E-state index >= 15 is 0 Å². The largest absolute Gasteiger partial charge is 0.377 e. The number of hydrogen-bond donors (Lipinski definition) is 2. The van der Waals surface area contributed by atoms with Gasteiger partial charge in [0.2, 0.25) is 0 Å². The molecule has 4 heteroatoms. The molecule has 0 fully saturated rings. The minimum atomic E-state index is -0.212. The van der Waals surface area contributed by atoms with Crippen molar-refractivity contribution in [2.24, 2.45) is 0 Å². The van der Waals surface area contributed by atoms with Gasteiger partial charge in [-0.3, -0.25) is 0 Å². The second kappa shape index (κ2) is 9.18. The molecule has 0 aliphatic heterocycles. The summed E-state index contributed by atoms with van der Waals surface area (Å²) < 4.78 is 19.4. The summed E-state index contributed by atoms with van der Waals surface area (Å²) in [6.07, 6.45) is 2.09. The van der Waals surface area contributed by atoms with E-state index in [0.717, 1.165) is 24.1 Å². The molecule has 0 aliphatic rings. The van der Waals surface area contributed by atoms with Gasteiger partial charge in [-0.2, -0.15) is 0 Å². The van der Waals surface area contributed by atoms with E-state index in [1.54, 1.807) is 12.1 Å². The Morgan fingerprint density at radius 3 is 2.64 bits per heavy atom. The molecule has 0 aromatic heterocycles. The third-order valence-corrected chi connectivity index (χ3v) is 3.32. The Morgan fingerprint density at radius 1 is 1.09 bits per heavy atom. The van der Waals surface area contributed by atoms with E-state index in [9.17, 15) is 4.39 Å². The minimum Gasteiger partial charge on any atom is -0.377 e. The molecule has 0 bridgehead atoms. The number of rotatable bonds is 9. The van der Waals surface area contributed by atoms with E-state index in [1.165, 1.54) is 0 Å². The first-order valence-electron chi connectivity index (χ1n) is 7.68. The molecule has 0 saturated carbocycles. The monoisotopic (exact) mass is 302 g/mol. The summed E-state index contributed by atoms with van der Waals surface area (Å²) in [6.45, 7) is 3.67. The standard InChI is InChI=1S/C18H23FN2O/c1-2-3-11-22-14-16-10-9-15(12-18(16)19)13-20-21-17-7-5-4-6-8-17/h4-10,12,20-21H,2-3,11,13-14H2,1H3. The summed E-state index contributed by atoms with van der Waals surface area (Å²) in [4.78, 5) is 0. The molecule has 0 radical (unpaired) electrons. The quantitative estimate of drug-likeness (QED) is 0.536. The Balaban J connectivity index is 1.79. The van der Waals surface area contributed by atoms with Gasteiger partial charge in [0.25, 0.3) is 0 Å². The molecule has 22 heavy (non-hydrogen) atoms. The van der Waals surface area contributed by atoms with Crippen LogP contribution in [0.3, 0.4) is 0 Å². The summed E-state index contributed by atoms with van der Waals surface area (Å²) >= 11 is 0. The van der Waals surface area contributed by atoms with Gasteiger partial charge in [-0.05, 0) is 30.2 Å². The highest BCUT2D eigenvalue weighted by Gasteiger charge is 2.04. The number of benzene rings is 2. The molecule has 0 unspecified atom stereocenters. The second-order valence-corrected chi connectivity index (χ2v) is 5.18. The first-order valence-corrected chi connectivity index (χ1v) is 7.68. The average molecular weight is 302 g/mol. The molecule has 0 saturated heterocycles. The zero-order chi connectivity index (χ0) is 15.6. The van der Waals surface area contributed by atoms with Crippen LogP contribution in [-0.2, 0) is 17.9 Å². The van der Waals surface area contributed by atoms with Crippen LogP contribution >= 0.6 is 0 Å². The maximum absolute atomic E-state index is 14.0. The van der Waals surface area contributed by atoms with Crippen LogP contribution in [0.1, 0.15) is 30.9 Å².